The summed E-state index contributed by atoms with van der Waals surface area (Å²) in [6.07, 6.45) is 0. The Balaban J connectivity index is 2.35. The maximum atomic E-state index is 5.54. The Morgan fingerprint density at radius 2 is 2.12 bits per heavy atom. The standard InChI is InChI=1S/C13H19NO2S/c1-9-12(15-2)5-4-10(13(9)16-3)11-8-17-7-6-14-11/h4-5,11,14H,6-8H2,1-3H3. The molecule has 1 aromatic carbocycles. The lowest BCUT2D eigenvalue weighted by Gasteiger charge is -2.26. The van der Waals surface area contributed by atoms with Gasteiger partial charge >= 0.3 is 0 Å². The number of ether oxygens (including phenoxy) is 2. The summed E-state index contributed by atoms with van der Waals surface area (Å²) >= 11 is 1.98. The van der Waals surface area contributed by atoms with Crippen molar-refractivity contribution >= 4 is 11.8 Å². The molecule has 1 heterocycles. The first-order chi connectivity index (χ1) is 8.27. The zero-order chi connectivity index (χ0) is 12.3. The molecule has 1 atom stereocenters. The van der Waals surface area contributed by atoms with Gasteiger partial charge in [0.1, 0.15) is 11.5 Å². The van der Waals surface area contributed by atoms with Crippen LogP contribution in [0.4, 0.5) is 0 Å². The van der Waals surface area contributed by atoms with E-state index in [1.54, 1.807) is 14.2 Å². The van der Waals surface area contributed by atoms with Gasteiger partial charge in [-0.15, -0.1) is 0 Å². The lowest BCUT2D eigenvalue weighted by molar-refractivity contribution is 0.381. The second-order valence-electron chi connectivity index (χ2n) is 4.10. The molecule has 0 aliphatic carbocycles. The lowest BCUT2D eigenvalue weighted by Crippen LogP contribution is -2.30. The molecule has 1 fully saturated rings. The average Bonchev–Trinajstić information content (AvgIpc) is 2.39. The molecular weight excluding hydrogens is 234 g/mol. The van der Waals surface area contributed by atoms with Crippen LogP contribution in [0.5, 0.6) is 11.5 Å². The Morgan fingerprint density at radius 3 is 2.71 bits per heavy atom. The summed E-state index contributed by atoms with van der Waals surface area (Å²) in [6.45, 7) is 3.10. The molecule has 1 aliphatic heterocycles. The van der Waals surface area contributed by atoms with Gasteiger partial charge in [-0.25, -0.2) is 0 Å². The van der Waals surface area contributed by atoms with Crippen LogP contribution in [0.25, 0.3) is 0 Å². The number of nitrogens with one attached hydrogen (secondary N) is 1. The third-order valence-electron chi connectivity index (χ3n) is 3.11. The molecule has 1 aromatic rings. The van der Waals surface area contributed by atoms with Crippen molar-refractivity contribution in [3.8, 4) is 11.5 Å². The molecule has 1 aliphatic rings. The van der Waals surface area contributed by atoms with Crippen LogP contribution < -0.4 is 14.8 Å². The minimum Gasteiger partial charge on any atom is -0.496 e. The Morgan fingerprint density at radius 1 is 1.29 bits per heavy atom. The Hall–Kier alpha value is -0.870. The van der Waals surface area contributed by atoms with Gasteiger partial charge < -0.3 is 14.8 Å². The van der Waals surface area contributed by atoms with Crippen LogP contribution in [0, 0.1) is 6.92 Å². The van der Waals surface area contributed by atoms with E-state index in [9.17, 15) is 0 Å². The van der Waals surface area contributed by atoms with E-state index in [0.717, 1.165) is 29.4 Å². The van der Waals surface area contributed by atoms with Crippen molar-refractivity contribution in [2.75, 3.05) is 32.3 Å². The molecule has 1 saturated heterocycles. The van der Waals surface area contributed by atoms with E-state index < -0.39 is 0 Å². The van der Waals surface area contributed by atoms with Crippen LogP contribution in [0.1, 0.15) is 17.2 Å². The fourth-order valence-electron chi connectivity index (χ4n) is 2.23. The third kappa shape index (κ3) is 2.53. The maximum Gasteiger partial charge on any atom is 0.130 e. The monoisotopic (exact) mass is 253 g/mol. The fraction of sp³-hybridized carbons (Fsp3) is 0.538. The molecule has 1 unspecified atom stereocenters. The van der Waals surface area contributed by atoms with Crippen molar-refractivity contribution in [1.29, 1.82) is 0 Å². The Kier molecular flexibility index (Phi) is 4.18. The average molecular weight is 253 g/mol. The van der Waals surface area contributed by atoms with Crippen molar-refractivity contribution in [1.82, 2.24) is 5.32 Å². The molecule has 1 N–H and O–H groups in total. The van der Waals surface area contributed by atoms with Crippen LogP contribution >= 0.6 is 11.8 Å². The molecule has 0 spiro atoms. The zero-order valence-electron chi connectivity index (χ0n) is 10.6. The van der Waals surface area contributed by atoms with Crippen LogP contribution in [0.3, 0.4) is 0 Å². The quantitative estimate of drug-likeness (QED) is 0.896. The highest BCUT2D eigenvalue weighted by Gasteiger charge is 2.21. The SMILES string of the molecule is COc1ccc(C2CSCCN2)c(OC)c1C. The van der Waals surface area contributed by atoms with E-state index in [-0.39, 0.29) is 0 Å². The van der Waals surface area contributed by atoms with Gasteiger partial charge in [-0.05, 0) is 13.0 Å². The van der Waals surface area contributed by atoms with Gasteiger partial charge in [-0.3, -0.25) is 0 Å². The van der Waals surface area contributed by atoms with E-state index in [2.05, 4.69) is 11.4 Å². The predicted octanol–water partition coefficient (Wildman–Crippen LogP) is 2.39. The summed E-state index contributed by atoms with van der Waals surface area (Å²) in [5.74, 6) is 4.12. The van der Waals surface area contributed by atoms with Crippen LogP contribution in [-0.4, -0.2) is 32.3 Å². The molecule has 17 heavy (non-hydrogen) atoms. The molecule has 4 heteroatoms. The summed E-state index contributed by atoms with van der Waals surface area (Å²) < 4.78 is 10.9. The first kappa shape index (κ1) is 12.6. The van der Waals surface area contributed by atoms with E-state index in [0.29, 0.717) is 6.04 Å². The van der Waals surface area contributed by atoms with Gasteiger partial charge in [0.05, 0.1) is 14.2 Å². The number of benzene rings is 1. The zero-order valence-corrected chi connectivity index (χ0v) is 11.4. The predicted molar refractivity (Wildman–Crippen MR) is 72.4 cm³/mol. The highest BCUT2D eigenvalue weighted by Crippen LogP contribution is 2.36. The number of thioether (sulfide) groups is 1. The van der Waals surface area contributed by atoms with Gasteiger partial charge in [0.25, 0.3) is 0 Å². The number of hydrogen-bond donors (Lipinski definition) is 1. The summed E-state index contributed by atoms with van der Waals surface area (Å²) in [4.78, 5) is 0. The Bertz CT molecular complexity index is 389. The lowest BCUT2D eigenvalue weighted by atomic mass is 10.0. The van der Waals surface area contributed by atoms with Gasteiger partial charge in [0.2, 0.25) is 0 Å². The minimum absolute atomic E-state index is 0.383. The van der Waals surface area contributed by atoms with E-state index in [1.807, 2.05) is 24.8 Å². The molecule has 0 bridgehead atoms. The van der Waals surface area contributed by atoms with Crippen LogP contribution in [0.15, 0.2) is 12.1 Å². The molecule has 0 amide bonds. The Labute approximate surface area is 107 Å². The van der Waals surface area contributed by atoms with Crippen molar-refractivity contribution in [2.45, 2.75) is 13.0 Å². The smallest absolute Gasteiger partial charge is 0.130 e. The molecule has 2 rings (SSSR count). The number of methoxy groups -OCH3 is 2. The topological polar surface area (TPSA) is 30.5 Å². The van der Waals surface area contributed by atoms with Crippen molar-refractivity contribution in [3.63, 3.8) is 0 Å². The van der Waals surface area contributed by atoms with Gasteiger partial charge in [0.15, 0.2) is 0 Å². The second kappa shape index (κ2) is 5.65. The largest absolute Gasteiger partial charge is 0.496 e. The normalized spacial score (nSPS) is 20.1. The number of rotatable bonds is 3. The summed E-state index contributed by atoms with van der Waals surface area (Å²) in [5.41, 5.74) is 2.31. The van der Waals surface area contributed by atoms with E-state index >= 15 is 0 Å². The van der Waals surface area contributed by atoms with Crippen molar-refractivity contribution < 1.29 is 9.47 Å². The first-order valence-corrected chi connectivity index (χ1v) is 6.96. The van der Waals surface area contributed by atoms with Gasteiger partial charge in [-0.1, -0.05) is 6.07 Å². The second-order valence-corrected chi connectivity index (χ2v) is 5.25. The van der Waals surface area contributed by atoms with Gasteiger partial charge in [-0.2, -0.15) is 11.8 Å². The first-order valence-electron chi connectivity index (χ1n) is 5.80. The summed E-state index contributed by atoms with van der Waals surface area (Å²) in [7, 11) is 3.41. The van der Waals surface area contributed by atoms with Gasteiger partial charge in [0, 0.05) is 35.2 Å². The molecule has 0 radical (unpaired) electrons. The molecule has 0 aromatic heterocycles. The summed E-state index contributed by atoms with van der Waals surface area (Å²) in [6, 6.07) is 4.51. The van der Waals surface area contributed by atoms with Crippen LogP contribution in [-0.2, 0) is 0 Å². The van der Waals surface area contributed by atoms with E-state index in [1.165, 1.54) is 11.3 Å². The minimum atomic E-state index is 0.383. The highest BCUT2D eigenvalue weighted by atomic mass is 32.2. The van der Waals surface area contributed by atoms with E-state index in [4.69, 9.17) is 9.47 Å². The van der Waals surface area contributed by atoms with Crippen molar-refractivity contribution in [3.05, 3.63) is 23.3 Å². The third-order valence-corrected chi connectivity index (χ3v) is 4.17. The molecule has 94 valence electrons. The highest BCUT2D eigenvalue weighted by molar-refractivity contribution is 7.99. The van der Waals surface area contributed by atoms with Crippen LogP contribution in [0.2, 0.25) is 0 Å². The summed E-state index contributed by atoms with van der Waals surface area (Å²) in [5, 5.41) is 3.53. The molecule has 3 nitrogen and oxygen atoms in total. The molecular formula is C13H19NO2S. The number of hydrogen-bond acceptors (Lipinski definition) is 4. The fourth-order valence-corrected chi connectivity index (χ4v) is 3.19. The van der Waals surface area contributed by atoms with Crippen molar-refractivity contribution in [2.24, 2.45) is 0 Å². The molecule has 0 saturated carbocycles. The maximum absolute atomic E-state index is 5.54.